The second-order valence-electron chi connectivity index (χ2n) is 6.20. The van der Waals surface area contributed by atoms with Crippen molar-refractivity contribution in [1.82, 2.24) is 15.0 Å². The fourth-order valence-electron chi connectivity index (χ4n) is 2.99. The number of amides is 1. The highest BCUT2D eigenvalue weighted by Crippen LogP contribution is 2.27. The number of nitrogens with zero attached hydrogens (tertiary/aromatic N) is 4. The van der Waals surface area contributed by atoms with Gasteiger partial charge in [-0.2, -0.15) is 0 Å². The molecule has 3 aromatic rings. The van der Waals surface area contributed by atoms with Crippen molar-refractivity contribution in [2.75, 3.05) is 23.3 Å². The minimum absolute atomic E-state index is 0.169. The van der Waals surface area contributed by atoms with Gasteiger partial charge in [0.25, 0.3) is 5.91 Å². The Balaban J connectivity index is 1.49. The molecule has 1 N–H and O–H groups in total. The molecule has 1 amide bonds. The number of rotatable bonds is 4. The maximum atomic E-state index is 12.6. The molecule has 0 radical (unpaired) electrons. The number of carbonyl (C=O) groups is 1. The van der Waals surface area contributed by atoms with Gasteiger partial charge in [-0.05, 0) is 44.0 Å². The van der Waals surface area contributed by atoms with Crippen LogP contribution in [0.4, 0.5) is 11.5 Å². The molecule has 132 valence electrons. The second-order valence-corrected chi connectivity index (χ2v) is 7.20. The van der Waals surface area contributed by atoms with E-state index in [1.165, 1.54) is 24.2 Å². The van der Waals surface area contributed by atoms with Crippen molar-refractivity contribution in [3.63, 3.8) is 0 Å². The first kappa shape index (κ1) is 16.7. The number of thiazole rings is 1. The van der Waals surface area contributed by atoms with Crippen molar-refractivity contribution in [3.05, 3.63) is 53.3 Å². The van der Waals surface area contributed by atoms with E-state index in [2.05, 4.69) is 25.2 Å². The van der Waals surface area contributed by atoms with Gasteiger partial charge < -0.3 is 10.2 Å². The number of hydrogen-bond donors (Lipinski definition) is 1. The molecule has 4 heterocycles. The predicted molar refractivity (Wildman–Crippen MR) is 104 cm³/mol. The third-order valence-electron chi connectivity index (χ3n) is 4.32. The first-order chi connectivity index (χ1) is 12.7. The summed E-state index contributed by atoms with van der Waals surface area (Å²) in [5.74, 6) is 0.796. The zero-order chi connectivity index (χ0) is 17.9. The summed E-state index contributed by atoms with van der Waals surface area (Å²) in [4.78, 5) is 28.7. The summed E-state index contributed by atoms with van der Waals surface area (Å²) in [5.41, 5.74) is 2.16. The highest BCUT2D eigenvalue weighted by molar-refractivity contribution is 7.17. The van der Waals surface area contributed by atoms with Gasteiger partial charge in [-0.15, -0.1) is 11.3 Å². The van der Waals surface area contributed by atoms with Gasteiger partial charge in [0, 0.05) is 19.3 Å². The van der Waals surface area contributed by atoms with Crippen molar-refractivity contribution >= 4 is 28.7 Å². The van der Waals surface area contributed by atoms with E-state index < -0.39 is 0 Å². The van der Waals surface area contributed by atoms with Crippen LogP contribution >= 0.6 is 11.3 Å². The van der Waals surface area contributed by atoms with Crippen molar-refractivity contribution < 1.29 is 4.79 Å². The topological polar surface area (TPSA) is 71.0 Å². The molecule has 0 saturated carbocycles. The average Bonchev–Trinajstić information content (AvgIpc) is 3.33. The lowest BCUT2D eigenvalue weighted by Gasteiger charge is -2.16. The van der Waals surface area contributed by atoms with Gasteiger partial charge in [0.05, 0.1) is 23.3 Å². The van der Waals surface area contributed by atoms with Crippen LogP contribution < -0.4 is 10.2 Å². The van der Waals surface area contributed by atoms with Crippen molar-refractivity contribution in [2.45, 2.75) is 19.8 Å². The Morgan fingerprint density at radius 1 is 1.15 bits per heavy atom. The van der Waals surface area contributed by atoms with Crippen LogP contribution in [0.5, 0.6) is 0 Å². The lowest BCUT2D eigenvalue weighted by Crippen LogP contribution is -2.19. The number of aryl methyl sites for hydroxylation is 1. The Labute approximate surface area is 155 Å². The quantitative estimate of drug-likeness (QED) is 0.762. The summed E-state index contributed by atoms with van der Waals surface area (Å²) in [6, 6.07) is 9.51. The van der Waals surface area contributed by atoms with Gasteiger partial charge >= 0.3 is 0 Å². The van der Waals surface area contributed by atoms with Crippen molar-refractivity contribution in [1.29, 1.82) is 0 Å². The zero-order valence-electron chi connectivity index (χ0n) is 14.5. The standard InChI is InChI=1S/C19H19N5OS/c1-13-17(26-19(22-13)15-6-2-3-9-20-15)18(25)23-14-7-8-16(21-12-14)24-10-4-5-11-24/h2-3,6-9,12H,4-5,10-11H2,1H3,(H,23,25). The molecule has 0 aromatic carbocycles. The van der Waals surface area contributed by atoms with E-state index in [4.69, 9.17) is 0 Å². The monoisotopic (exact) mass is 365 g/mol. The maximum Gasteiger partial charge on any atom is 0.267 e. The Morgan fingerprint density at radius 3 is 2.69 bits per heavy atom. The molecule has 0 spiro atoms. The molecule has 0 bridgehead atoms. The SMILES string of the molecule is Cc1nc(-c2ccccn2)sc1C(=O)Nc1ccc(N2CCCC2)nc1. The van der Waals surface area contributed by atoms with E-state index in [0.717, 1.165) is 29.6 Å². The molecule has 0 atom stereocenters. The van der Waals surface area contributed by atoms with E-state index in [-0.39, 0.29) is 5.91 Å². The molecule has 1 fully saturated rings. The van der Waals surface area contributed by atoms with Gasteiger partial charge in [-0.1, -0.05) is 6.07 Å². The summed E-state index contributed by atoms with van der Waals surface area (Å²) >= 11 is 1.35. The fourth-order valence-corrected chi connectivity index (χ4v) is 3.93. The van der Waals surface area contributed by atoms with E-state index in [1.807, 2.05) is 37.3 Å². The van der Waals surface area contributed by atoms with Crippen molar-refractivity contribution in [2.24, 2.45) is 0 Å². The van der Waals surface area contributed by atoms with Crippen LogP contribution in [0.25, 0.3) is 10.7 Å². The first-order valence-electron chi connectivity index (χ1n) is 8.62. The smallest absolute Gasteiger partial charge is 0.267 e. The summed E-state index contributed by atoms with van der Waals surface area (Å²) in [6.07, 6.45) is 5.86. The van der Waals surface area contributed by atoms with Gasteiger partial charge in [0.2, 0.25) is 0 Å². The summed E-state index contributed by atoms with van der Waals surface area (Å²) < 4.78 is 0. The number of pyridine rings is 2. The fraction of sp³-hybridized carbons (Fsp3) is 0.263. The number of hydrogen-bond acceptors (Lipinski definition) is 6. The van der Waals surface area contributed by atoms with E-state index in [9.17, 15) is 4.79 Å². The molecule has 1 saturated heterocycles. The molecule has 1 aliphatic heterocycles. The minimum Gasteiger partial charge on any atom is -0.357 e. The number of anilines is 2. The highest BCUT2D eigenvalue weighted by Gasteiger charge is 2.18. The zero-order valence-corrected chi connectivity index (χ0v) is 15.3. The second kappa shape index (κ2) is 7.21. The molecule has 4 rings (SSSR count). The Hall–Kier alpha value is -2.80. The first-order valence-corrected chi connectivity index (χ1v) is 9.43. The van der Waals surface area contributed by atoms with Crippen LogP contribution in [-0.4, -0.2) is 33.9 Å². The molecule has 7 heteroatoms. The van der Waals surface area contributed by atoms with Gasteiger partial charge in [0.1, 0.15) is 15.7 Å². The third-order valence-corrected chi connectivity index (χ3v) is 5.50. The summed E-state index contributed by atoms with van der Waals surface area (Å²) in [5, 5.41) is 3.66. The van der Waals surface area contributed by atoms with Crippen LogP contribution in [-0.2, 0) is 0 Å². The predicted octanol–water partition coefficient (Wildman–Crippen LogP) is 3.76. The Bertz CT molecular complexity index is 901. The summed E-state index contributed by atoms with van der Waals surface area (Å²) in [6.45, 7) is 3.94. The largest absolute Gasteiger partial charge is 0.357 e. The third kappa shape index (κ3) is 3.43. The normalized spacial score (nSPS) is 13.8. The van der Waals surface area contributed by atoms with Gasteiger partial charge in [-0.25, -0.2) is 9.97 Å². The molecular formula is C19H19N5OS. The average molecular weight is 365 g/mol. The molecular weight excluding hydrogens is 346 g/mol. The van der Waals surface area contributed by atoms with Gasteiger partial charge in [0.15, 0.2) is 0 Å². The lowest BCUT2D eigenvalue weighted by molar-refractivity contribution is 0.103. The van der Waals surface area contributed by atoms with E-state index in [1.54, 1.807) is 12.4 Å². The van der Waals surface area contributed by atoms with E-state index in [0.29, 0.717) is 16.3 Å². The number of carbonyl (C=O) groups excluding carboxylic acids is 1. The highest BCUT2D eigenvalue weighted by atomic mass is 32.1. The van der Waals surface area contributed by atoms with Crippen LogP contribution in [0.1, 0.15) is 28.2 Å². The molecule has 0 aliphatic carbocycles. The van der Waals surface area contributed by atoms with Crippen LogP contribution in [0.3, 0.4) is 0 Å². The Kier molecular flexibility index (Phi) is 4.62. The molecule has 0 unspecified atom stereocenters. The van der Waals surface area contributed by atoms with Crippen LogP contribution in [0.2, 0.25) is 0 Å². The van der Waals surface area contributed by atoms with E-state index >= 15 is 0 Å². The molecule has 1 aliphatic rings. The lowest BCUT2D eigenvalue weighted by atomic mass is 10.3. The van der Waals surface area contributed by atoms with Crippen LogP contribution in [0, 0.1) is 6.92 Å². The number of aromatic nitrogens is 3. The van der Waals surface area contributed by atoms with Gasteiger partial charge in [-0.3, -0.25) is 9.78 Å². The molecule has 6 nitrogen and oxygen atoms in total. The number of nitrogens with one attached hydrogen (secondary N) is 1. The molecule has 3 aromatic heterocycles. The maximum absolute atomic E-state index is 12.6. The summed E-state index contributed by atoms with van der Waals surface area (Å²) in [7, 11) is 0. The Morgan fingerprint density at radius 2 is 2.00 bits per heavy atom. The van der Waals surface area contributed by atoms with Crippen LogP contribution in [0.15, 0.2) is 42.7 Å². The molecule has 26 heavy (non-hydrogen) atoms. The van der Waals surface area contributed by atoms with Crippen molar-refractivity contribution in [3.8, 4) is 10.7 Å². The minimum atomic E-state index is -0.169.